The molecule has 104 valence electrons. The molecule has 1 aromatic rings. The molecule has 1 fully saturated rings. The van der Waals surface area contributed by atoms with E-state index in [-0.39, 0.29) is 5.91 Å². The third-order valence-electron chi connectivity index (χ3n) is 3.73. The summed E-state index contributed by atoms with van der Waals surface area (Å²) in [5, 5.41) is 0. The highest BCUT2D eigenvalue weighted by Crippen LogP contribution is 2.22. The minimum Gasteiger partial charge on any atom is -0.306 e. The molecule has 0 saturated carbocycles. The Bertz CT molecular complexity index is 444. The molecule has 0 radical (unpaired) electrons. The minimum absolute atomic E-state index is 0.153. The molecule has 1 amide bonds. The van der Waals surface area contributed by atoms with Crippen LogP contribution in [0.3, 0.4) is 0 Å². The highest BCUT2D eigenvalue weighted by Gasteiger charge is 2.22. The van der Waals surface area contributed by atoms with Crippen LogP contribution in [0.4, 0.5) is 5.82 Å². The molecule has 2 heterocycles. The monoisotopic (exact) mass is 325 g/mol. The van der Waals surface area contributed by atoms with Crippen LogP contribution >= 0.6 is 15.9 Å². The van der Waals surface area contributed by atoms with Crippen molar-refractivity contribution >= 4 is 27.7 Å². The number of carbonyl (C=O) groups excluding carboxylic acids is 1. The number of halogens is 1. The van der Waals surface area contributed by atoms with Crippen LogP contribution in [0.2, 0.25) is 0 Å². The molecule has 0 N–H and O–H groups in total. The Kier molecular flexibility index (Phi) is 4.93. The lowest BCUT2D eigenvalue weighted by atomic mass is 9.93. The number of nitrogens with zero attached hydrogens (tertiary/aromatic N) is 3. The van der Waals surface area contributed by atoms with Gasteiger partial charge in [0.2, 0.25) is 5.91 Å². The topological polar surface area (TPSA) is 36.4 Å². The van der Waals surface area contributed by atoms with Gasteiger partial charge in [-0.3, -0.25) is 9.69 Å². The summed E-state index contributed by atoms with van der Waals surface area (Å²) in [4.78, 5) is 20.5. The maximum absolute atomic E-state index is 12.3. The predicted octanol–water partition coefficient (Wildman–Crippen LogP) is 2.54. The van der Waals surface area contributed by atoms with E-state index in [1.54, 1.807) is 18.1 Å². The third kappa shape index (κ3) is 4.01. The lowest BCUT2D eigenvalue weighted by Crippen LogP contribution is -2.34. The fourth-order valence-corrected chi connectivity index (χ4v) is 2.68. The molecule has 0 atom stereocenters. The van der Waals surface area contributed by atoms with E-state index in [9.17, 15) is 4.79 Å². The number of likely N-dealkylation sites (tertiary alicyclic amines) is 1. The largest absolute Gasteiger partial charge is 0.306 e. The highest BCUT2D eigenvalue weighted by atomic mass is 79.9. The quantitative estimate of drug-likeness (QED) is 0.856. The lowest BCUT2D eigenvalue weighted by molar-refractivity contribution is -0.119. The van der Waals surface area contributed by atoms with Gasteiger partial charge in [0.15, 0.2) is 0 Å². The van der Waals surface area contributed by atoms with E-state index < -0.39 is 0 Å². The van der Waals surface area contributed by atoms with E-state index in [0.717, 1.165) is 30.4 Å². The molecule has 0 spiro atoms. The number of pyridine rings is 1. The lowest BCUT2D eigenvalue weighted by Gasteiger charge is -2.29. The number of anilines is 1. The Labute approximate surface area is 122 Å². The van der Waals surface area contributed by atoms with Crippen molar-refractivity contribution in [2.24, 2.45) is 5.92 Å². The highest BCUT2D eigenvalue weighted by molar-refractivity contribution is 9.10. The summed E-state index contributed by atoms with van der Waals surface area (Å²) >= 11 is 3.40. The Balaban J connectivity index is 1.92. The van der Waals surface area contributed by atoms with Crippen molar-refractivity contribution < 1.29 is 4.79 Å². The van der Waals surface area contributed by atoms with Gasteiger partial charge >= 0.3 is 0 Å². The normalized spacial score (nSPS) is 17.4. The molecule has 19 heavy (non-hydrogen) atoms. The van der Waals surface area contributed by atoms with Gasteiger partial charge in [-0.05, 0) is 51.0 Å². The van der Waals surface area contributed by atoms with Crippen LogP contribution in [0, 0.1) is 5.92 Å². The van der Waals surface area contributed by atoms with E-state index in [0.29, 0.717) is 18.2 Å². The van der Waals surface area contributed by atoms with Crippen LogP contribution in [0.5, 0.6) is 0 Å². The second-order valence-electron chi connectivity index (χ2n) is 5.24. The van der Waals surface area contributed by atoms with Crippen molar-refractivity contribution in [2.75, 3.05) is 32.1 Å². The van der Waals surface area contributed by atoms with Gasteiger partial charge in [0.25, 0.3) is 0 Å². The fraction of sp³-hybridized carbons (Fsp3) is 0.571. The number of hydrogen-bond acceptors (Lipinski definition) is 3. The van der Waals surface area contributed by atoms with E-state index >= 15 is 0 Å². The van der Waals surface area contributed by atoms with E-state index in [1.165, 1.54) is 0 Å². The molecule has 5 heteroatoms. The number of rotatable bonds is 3. The van der Waals surface area contributed by atoms with Gasteiger partial charge in [0.05, 0.1) is 0 Å². The number of amides is 1. The summed E-state index contributed by atoms with van der Waals surface area (Å²) in [6.45, 7) is 2.19. The molecule has 4 nitrogen and oxygen atoms in total. The average molecular weight is 326 g/mol. The van der Waals surface area contributed by atoms with E-state index in [1.807, 2.05) is 12.1 Å². The molecule has 2 rings (SSSR count). The van der Waals surface area contributed by atoms with Gasteiger partial charge in [-0.25, -0.2) is 4.98 Å². The van der Waals surface area contributed by atoms with Gasteiger partial charge in [0, 0.05) is 24.1 Å². The first kappa shape index (κ1) is 14.5. The second kappa shape index (κ2) is 6.48. The first-order chi connectivity index (χ1) is 9.06. The second-order valence-corrected chi connectivity index (χ2v) is 6.15. The van der Waals surface area contributed by atoms with Crippen LogP contribution in [-0.2, 0) is 4.79 Å². The minimum atomic E-state index is 0.153. The van der Waals surface area contributed by atoms with Gasteiger partial charge in [-0.2, -0.15) is 0 Å². The first-order valence-corrected chi connectivity index (χ1v) is 7.42. The summed E-state index contributed by atoms with van der Waals surface area (Å²) in [7, 11) is 3.93. The molecular weight excluding hydrogens is 306 g/mol. The maximum Gasteiger partial charge on any atom is 0.228 e. The predicted molar refractivity (Wildman–Crippen MR) is 80.2 cm³/mol. The molecule has 1 saturated heterocycles. The molecule has 1 aliphatic rings. The smallest absolute Gasteiger partial charge is 0.228 e. The summed E-state index contributed by atoms with van der Waals surface area (Å²) in [5.74, 6) is 1.37. The zero-order valence-corrected chi connectivity index (χ0v) is 13.1. The summed E-state index contributed by atoms with van der Waals surface area (Å²) in [6.07, 6.45) is 4.56. The van der Waals surface area contributed by atoms with Crippen LogP contribution < -0.4 is 4.90 Å². The molecule has 0 bridgehead atoms. The standard InChI is InChI=1S/C14H20BrN3O/c1-17-7-4-11(5-8-17)9-14(19)18(2)13-10-12(15)3-6-16-13/h3,6,10-11H,4-5,7-9H2,1-2H3. The molecule has 1 aliphatic heterocycles. The van der Waals surface area contributed by atoms with Gasteiger partial charge in [-0.1, -0.05) is 15.9 Å². The number of hydrogen-bond donors (Lipinski definition) is 0. The van der Waals surface area contributed by atoms with Gasteiger partial charge in [0.1, 0.15) is 5.82 Å². The molecular formula is C14H20BrN3O. The van der Waals surface area contributed by atoms with Crippen LogP contribution in [0.1, 0.15) is 19.3 Å². The van der Waals surface area contributed by atoms with E-state index in [4.69, 9.17) is 0 Å². The number of piperidine rings is 1. The number of aromatic nitrogens is 1. The van der Waals surface area contributed by atoms with Crippen molar-refractivity contribution in [1.29, 1.82) is 0 Å². The van der Waals surface area contributed by atoms with Crippen LogP contribution in [0.25, 0.3) is 0 Å². The average Bonchev–Trinajstić information content (AvgIpc) is 2.40. The number of carbonyl (C=O) groups is 1. The SMILES string of the molecule is CN1CCC(CC(=O)N(C)c2cc(Br)ccn2)CC1. The molecule has 0 unspecified atom stereocenters. The van der Waals surface area contributed by atoms with E-state index in [2.05, 4.69) is 32.9 Å². The fourth-order valence-electron chi connectivity index (χ4n) is 2.35. The van der Waals surface area contributed by atoms with Gasteiger partial charge in [-0.15, -0.1) is 0 Å². The molecule has 0 aliphatic carbocycles. The van der Waals surface area contributed by atoms with Crippen molar-refractivity contribution in [3.63, 3.8) is 0 Å². The van der Waals surface area contributed by atoms with Crippen molar-refractivity contribution in [2.45, 2.75) is 19.3 Å². The first-order valence-electron chi connectivity index (χ1n) is 6.63. The zero-order valence-electron chi connectivity index (χ0n) is 11.5. The Morgan fingerprint density at radius 1 is 1.53 bits per heavy atom. The third-order valence-corrected chi connectivity index (χ3v) is 4.22. The Morgan fingerprint density at radius 2 is 2.21 bits per heavy atom. The molecule has 0 aromatic carbocycles. The van der Waals surface area contributed by atoms with Crippen molar-refractivity contribution in [3.05, 3.63) is 22.8 Å². The molecule has 1 aromatic heterocycles. The van der Waals surface area contributed by atoms with Crippen molar-refractivity contribution in [3.8, 4) is 0 Å². The van der Waals surface area contributed by atoms with Gasteiger partial charge < -0.3 is 4.90 Å². The van der Waals surface area contributed by atoms with Crippen LogP contribution in [0.15, 0.2) is 22.8 Å². The summed E-state index contributed by atoms with van der Waals surface area (Å²) in [6, 6.07) is 3.73. The van der Waals surface area contributed by atoms with Crippen molar-refractivity contribution in [1.82, 2.24) is 9.88 Å². The zero-order chi connectivity index (χ0) is 13.8. The maximum atomic E-state index is 12.3. The Hall–Kier alpha value is -0.940. The summed E-state index contributed by atoms with van der Waals surface area (Å²) in [5.41, 5.74) is 0. The Morgan fingerprint density at radius 3 is 2.84 bits per heavy atom. The summed E-state index contributed by atoms with van der Waals surface area (Å²) < 4.78 is 0.941. The van der Waals surface area contributed by atoms with Crippen LogP contribution in [-0.4, -0.2) is 43.0 Å².